The largest absolute Gasteiger partial charge is 0.379 e. The standard InChI is InChI=1S/C13H19FN2O3S/c1-13(5-6-19-9-13)16-20(17,18)12-7-11(14)4-3-10(12)8-15-2/h3-4,7,15-16H,5-6,8-9H2,1-2H3. The molecule has 0 aliphatic carbocycles. The number of ether oxygens (including phenoxy) is 1. The lowest BCUT2D eigenvalue weighted by Gasteiger charge is -2.24. The summed E-state index contributed by atoms with van der Waals surface area (Å²) in [4.78, 5) is -0.0278. The molecule has 5 nitrogen and oxygen atoms in total. The van der Waals surface area contributed by atoms with Crippen molar-refractivity contribution in [3.8, 4) is 0 Å². The molecule has 0 radical (unpaired) electrons. The van der Waals surface area contributed by atoms with Crippen LogP contribution in [0.2, 0.25) is 0 Å². The Morgan fingerprint density at radius 3 is 2.80 bits per heavy atom. The van der Waals surface area contributed by atoms with Gasteiger partial charge in [-0.15, -0.1) is 0 Å². The summed E-state index contributed by atoms with van der Waals surface area (Å²) in [7, 11) is -2.08. The van der Waals surface area contributed by atoms with E-state index >= 15 is 0 Å². The van der Waals surface area contributed by atoms with Crippen LogP contribution < -0.4 is 10.0 Å². The van der Waals surface area contributed by atoms with Gasteiger partial charge in [-0.3, -0.25) is 0 Å². The number of nitrogens with one attached hydrogen (secondary N) is 2. The predicted octanol–water partition coefficient (Wildman–Crippen LogP) is 1.00. The number of benzene rings is 1. The van der Waals surface area contributed by atoms with Crippen molar-refractivity contribution in [1.82, 2.24) is 10.0 Å². The third-order valence-corrected chi connectivity index (χ3v) is 5.01. The van der Waals surface area contributed by atoms with Gasteiger partial charge in [0.2, 0.25) is 10.0 Å². The monoisotopic (exact) mass is 302 g/mol. The molecule has 1 unspecified atom stereocenters. The molecular formula is C13H19FN2O3S. The molecule has 0 amide bonds. The maximum atomic E-state index is 13.4. The van der Waals surface area contributed by atoms with E-state index < -0.39 is 21.4 Å². The van der Waals surface area contributed by atoms with Gasteiger partial charge >= 0.3 is 0 Å². The summed E-state index contributed by atoms with van der Waals surface area (Å²) in [6.45, 7) is 2.98. The second kappa shape index (κ2) is 5.77. The van der Waals surface area contributed by atoms with E-state index in [0.717, 1.165) is 6.07 Å². The molecule has 0 bridgehead atoms. The Kier molecular flexibility index (Phi) is 4.43. The van der Waals surface area contributed by atoms with Gasteiger partial charge in [-0.25, -0.2) is 17.5 Å². The summed E-state index contributed by atoms with van der Waals surface area (Å²) in [6, 6.07) is 3.79. The van der Waals surface area contributed by atoms with Gasteiger partial charge in [-0.05, 0) is 38.1 Å². The van der Waals surface area contributed by atoms with Gasteiger partial charge in [0.15, 0.2) is 0 Å². The van der Waals surface area contributed by atoms with Crippen LogP contribution in [0.25, 0.3) is 0 Å². The lowest BCUT2D eigenvalue weighted by Crippen LogP contribution is -2.46. The molecule has 1 saturated heterocycles. The fourth-order valence-corrected chi connectivity index (χ4v) is 3.91. The summed E-state index contributed by atoms with van der Waals surface area (Å²) in [6.07, 6.45) is 0.600. The molecule has 1 fully saturated rings. The predicted molar refractivity (Wildman–Crippen MR) is 73.3 cm³/mol. The van der Waals surface area contributed by atoms with Crippen LogP contribution in [-0.4, -0.2) is 34.2 Å². The van der Waals surface area contributed by atoms with Gasteiger partial charge in [0.1, 0.15) is 5.82 Å². The third-order valence-electron chi connectivity index (χ3n) is 3.29. The zero-order valence-electron chi connectivity index (χ0n) is 11.6. The molecule has 2 N–H and O–H groups in total. The van der Waals surface area contributed by atoms with Crippen LogP contribution in [0.5, 0.6) is 0 Å². The lowest BCUT2D eigenvalue weighted by atomic mass is 10.0. The summed E-state index contributed by atoms with van der Waals surface area (Å²) in [5.74, 6) is -0.571. The molecule has 1 aliphatic rings. The van der Waals surface area contributed by atoms with Gasteiger partial charge in [-0.1, -0.05) is 6.07 Å². The van der Waals surface area contributed by atoms with Gasteiger partial charge in [0.25, 0.3) is 0 Å². The van der Waals surface area contributed by atoms with Crippen molar-refractivity contribution < 1.29 is 17.5 Å². The molecule has 1 aromatic rings. The highest BCUT2D eigenvalue weighted by molar-refractivity contribution is 7.89. The van der Waals surface area contributed by atoms with Crippen molar-refractivity contribution in [3.63, 3.8) is 0 Å². The van der Waals surface area contributed by atoms with E-state index in [1.165, 1.54) is 12.1 Å². The zero-order chi connectivity index (χ0) is 14.8. The Bertz CT molecular complexity index is 583. The normalized spacial score (nSPS) is 23.1. The molecule has 1 atom stereocenters. The van der Waals surface area contributed by atoms with Crippen molar-refractivity contribution in [2.45, 2.75) is 30.3 Å². The quantitative estimate of drug-likeness (QED) is 0.851. The van der Waals surface area contributed by atoms with Crippen molar-refractivity contribution in [3.05, 3.63) is 29.6 Å². The number of rotatable bonds is 5. The molecule has 1 aromatic carbocycles. The molecule has 0 saturated carbocycles. The van der Waals surface area contributed by atoms with E-state index in [2.05, 4.69) is 10.0 Å². The second-order valence-corrected chi connectivity index (χ2v) is 6.90. The first-order valence-corrected chi connectivity index (χ1v) is 7.89. The highest BCUT2D eigenvalue weighted by Gasteiger charge is 2.35. The third kappa shape index (κ3) is 3.35. The minimum absolute atomic E-state index is 0.0278. The number of halogens is 1. The minimum Gasteiger partial charge on any atom is -0.379 e. The minimum atomic E-state index is -3.79. The van der Waals surface area contributed by atoms with Crippen LogP contribution in [-0.2, 0) is 21.3 Å². The molecule has 2 rings (SSSR count). The average molecular weight is 302 g/mol. The van der Waals surface area contributed by atoms with E-state index in [1.807, 2.05) is 0 Å². The van der Waals surface area contributed by atoms with E-state index in [4.69, 9.17) is 4.74 Å². The Balaban J connectivity index is 2.35. The topological polar surface area (TPSA) is 67.4 Å². The van der Waals surface area contributed by atoms with E-state index in [-0.39, 0.29) is 4.90 Å². The molecule has 7 heteroatoms. The Hall–Kier alpha value is -1.02. The second-order valence-electron chi connectivity index (χ2n) is 5.25. The maximum absolute atomic E-state index is 13.4. The fourth-order valence-electron chi connectivity index (χ4n) is 2.24. The SMILES string of the molecule is CNCc1ccc(F)cc1S(=O)(=O)NC1(C)CCOC1. The van der Waals surface area contributed by atoms with Gasteiger partial charge in [0.05, 0.1) is 17.0 Å². The van der Waals surface area contributed by atoms with Crippen molar-refractivity contribution >= 4 is 10.0 Å². The highest BCUT2D eigenvalue weighted by Crippen LogP contribution is 2.23. The summed E-state index contributed by atoms with van der Waals surface area (Å²) in [5, 5.41) is 2.88. The van der Waals surface area contributed by atoms with Gasteiger partial charge in [-0.2, -0.15) is 0 Å². The average Bonchev–Trinajstić information content (AvgIpc) is 2.77. The van der Waals surface area contributed by atoms with Crippen LogP contribution in [0, 0.1) is 5.82 Å². The number of hydrogen-bond donors (Lipinski definition) is 2. The summed E-state index contributed by atoms with van der Waals surface area (Å²) in [5.41, 5.74) is -0.105. The smallest absolute Gasteiger partial charge is 0.241 e. The Labute approximate surface area is 118 Å². The summed E-state index contributed by atoms with van der Waals surface area (Å²) >= 11 is 0. The molecule has 0 aromatic heterocycles. The first-order valence-electron chi connectivity index (χ1n) is 6.41. The molecule has 112 valence electrons. The van der Waals surface area contributed by atoms with Gasteiger partial charge < -0.3 is 10.1 Å². The number of hydrogen-bond acceptors (Lipinski definition) is 4. The first-order chi connectivity index (χ1) is 9.36. The number of sulfonamides is 1. The van der Waals surface area contributed by atoms with Crippen LogP contribution in [0.1, 0.15) is 18.9 Å². The van der Waals surface area contributed by atoms with E-state index in [1.54, 1.807) is 14.0 Å². The molecule has 1 heterocycles. The van der Waals surface area contributed by atoms with Crippen LogP contribution in [0.3, 0.4) is 0 Å². The van der Waals surface area contributed by atoms with E-state index in [0.29, 0.717) is 31.7 Å². The van der Waals surface area contributed by atoms with Crippen molar-refractivity contribution in [2.24, 2.45) is 0 Å². The maximum Gasteiger partial charge on any atom is 0.241 e. The molecular weight excluding hydrogens is 283 g/mol. The first kappa shape index (κ1) is 15.4. The zero-order valence-corrected chi connectivity index (χ0v) is 12.4. The fraction of sp³-hybridized carbons (Fsp3) is 0.538. The lowest BCUT2D eigenvalue weighted by molar-refractivity contribution is 0.178. The van der Waals surface area contributed by atoms with E-state index in [9.17, 15) is 12.8 Å². The van der Waals surface area contributed by atoms with Crippen LogP contribution >= 0.6 is 0 Å². The van der Waals surface area contributed by atoms with Crippen molar-refractivity contribution in [2.75, 3.05) is 20.3 Å². The molecule has 1 aliphatic heterocycles. The van der Waals surface area contributed by atoms with Gasteiger partial charge in [0, 0.05) is 13.2 Å². The summed E-state index contributed by atoms with van der Waals surface area (Å²) < 4.78 is 46.2. The molecule has 20 heavy (non-hydrogen) atoms. The van der Waals surface area contributed by atoms with Crippen molar-refractivity contribution in [1.29, 1.82) is 0 Å². The highest BCUT2D eigenvalue weighted by atomic mass is 32.2. The molecule has 0 spiro atoms. The van der Waals surface area contributed by atoms with Crippen LogP contribution in [0.4, 0.5) is 4.39 Å². The Morgan fingerprint density at radius 2 is 2.20 bits per heavy atom. The van der Waals surface area contributed by atoms with Crippen LogP contribution in [0.15, 0.2) is 23.1 Å². The Morgan fingerprint density at radius 1 is 1.45 bits per heavy atom.